The zero-order valence-corrected chi connectivity index (χ0v) is 15.1. The molecule has 0 amide bonds. The Kier molecular flexibility index (Phi) is 9.07. The number of piperazine rings is 1. The highest BCUT2D eigenvalue weighted by Crippen LogP contribution is 2.13. The summed E-state index contributed by atoms with van der Waals surface area (Å²) in [4.78, 5) is 15.8. The van der Waals surface area contributed by atoms with Crippen molar-refractivity contribution in [3.8, 4) is 5.75 Å². The van der Waals surface area contributed by atoms with E-state index in [0.29, 0.717) is 18.7 Å². The number of carbonyl (C=O) groups is 1. The van der Waals surface area contributed by atoms with Crippen LogP contribution in [0.1, 0.15) is 10.4 Å². The lowest BCUT2D eigenvalue weighted by Crippen LogP contribution is -2.47. The van der Waals surface area contributed by atoms with Crippen molar-refractivity contribution < 1.29 is 18.7 Å². The second kappa shape index (κ2) is 10.5. The van der Waals surface area contributed by atoms with E-state index in [9.17, 15) is 9.18 Å². The van der Waals surface area contributed by atoms with Crippen LogP contribution in [0.2, 0.25) is 0 Å². The first kappa shape index (κ1) is 19.8. The number of ether oxygens (including phenoxy) is 2. The fraction of sp³-hybridized carbons (Fsp3) is 0.562. The summed E-state index contributed by atoms with van der Waals surface area (Å²) >= 11 is 0. The maximum absolute atomic E-state index is 12.3. The fourth-order valence-electron chi connectivity index (χ4n) is 2.45. The Morgan fingerprint density at radius 1 is 1.09 bits per heavy atom. The number of methoxy groups -OCH3 is 1. The molecule has 1 saturated heterocycles. The summed E-state index contributed by atoms with van der Waals surface area (Å²) in [6.45, 7) is 5.44. The van der Waals surface area contributed by atoms with Crippen LogP contribution >= 0.6 is 9.90 Å². The zero-order valence-electron chi connectivity index (χ0n) is 13.7. The smallest absolute Gasteiger partial charge is 0.337 e. The zero-order chi connectivity index (χ0) is 15.8. The van der Waals surface area contributed by atoms with Crippen LogP contribution < -0.4 is 4.74 Å². The van der Waals surface area contributed by atoms with E-state index in [1.165, 1.54) is 7.11 Å². The Labute approximate surface area is 140 Å². The molecule has 0 radical (unpaired) electrons. The molecule has 1 aliphatic rings. The van der Waals surface area contributed by atoms with Crippen molar-refractivity contribution in [3.63, 3.8) is 0 Å². The standard InChI is InChI=1S/C16H23FN2O3.H3P/c1-21-16(20)14-2-4-15(5-3-14)22-13-12-19-10-8-18(7-6-17)9-11-19;/h2-5H,6-13H2,1H3;1H3. The molecule has 1 aromatic rings. The number of benzene rings is 1. The summed E-state index contributed by atoms with van der Waals surface area (Å²) in [5.74, 6) is 0.390. The lowest BCUT2D eigenvalue weighted by Gasteiger charge is -2.33. The van der Waals surface area contributed by atoms with Crippen LogP contribution in [0.25, 0.3) is 0 Å². The third kappa shape index (κ3) is 6.42. The number of halogens is 1. The van der Waals surface area contributed by atoms with E-state index < -0.39 is 0 Å². The number of hydrogen-bond donors (Lipinski definition) is 0. The molecular weight excluding hydrogens is 318 g/mol. The molecule has 5 nitrogen and oxygen atoms in total. The van der Waals surface area contributed by atoms with Crippen molar-refractivity contribution in [2.24, 2.45) is 0 Å². The molecule has 130 valence electrons. The molecule has 0 spiro atoms. The molecule has 1 fully saturated rings. The third-order valence-electron chi connectivity index (χ3n) is 3.82. The van der Waals surface area contributed by atoms with Crippen molar-refractivity contribution in [2.45, 2.75) is 0 Å². The summed E-state index contributed by atoms with van der Waals surface area (Å²) in [5, 5.41) is 0. The van der Waals surface area contributed by atoms with Gasteiger partial charge in [0.25, 0.3) is 0 Å². The highest BCUT2D eigenvalue weighted by atomic mass is 31.0. The molecule has 0 saturated carbocycles. The van der Waals surface area contributed by atoms with Gasteiger partial charge in [0.1, 0.15) is 19.0 Å². The van der Waals surface area contributed by atoms with Gasteiger partial charge in [-0.2, -0.15) is 9.90 Å². The van der Waals surface area contributed by atoms with E-state index in [1.54, 1.807) is 24.3 Å². The minimum atomic E-state index is -0.349. The molecule has 23 heavy (non-hydrogen) atoms. The largest absolute Gasteiger partial charge is 0.492 e. The van der Waals surface area contributed by atoms with Crippen molar-refractivity contribution in [3.05, 3.63) is 29.8 Å². The molecule has 7 heteroatoms. The molecule has 2 rings (SSSR count). The van der Waals surface area contributed by atoms with Gasteiger partial charge in [-0.15, -0.1) is 0 Å². The summed E-state index contributed by atoms with van der Waals surface area (Å²) in [5.41, 5.74) is 0.513. The van der Waals surface area contributed by atoms with Crippen molar-refractivity contribution in [1.82, 2.24) is 9.80 Å². The number of hydrogen-bond acceptors (Lipinski definition) is 5. The van der Waals surface area contributed by atoms with Crippen LogP contribution in [0, 0.1) is 0 Å². The molecule has 1 atom stereocenters. The summed E-state index contributed by atoms with van der Waals surface area (Å²) < 4.78 is 22.6. The van der Waals surface area contributed by atoms with Gasteiger partial charge >= 0.3 is 5.97 Å². The average Bonchev–Trinajstić information content (AvgIpc) is 2.56. The normalized spacial score (nSPS) is 15.7. The Balaban J connectivity index is 0.00000264. The highest BCUT2D eigenvalue weighted by Gasteiger charge is 2.16. The van der Waals surface area contributed by atoms with Crippen LogP contribution in [-0.2, 0) is 4.74 Å². The summed E-state index contributed by atoms with van der Waals surface area (Å²) in [6, 6.07) is 6.92. The van der Waals surface area contributed by atoms with E-state index in [4.69, 9.17) is 4.74 Å². The lowest BCUT2D eigenvalue weighted by molar-refractivity contribution is 0.0600. The first-order valence-electron chi connectivity index (χ1n) is 7.55. The maximum atomic E-state index is 12.3. The number of rotatable bonds is 7. The summed E-state index contributed by atoms with van der Waals surface area (Å²) in [7, 11) is 1.36. The second-order valence-corrected chi connectivity index (χ2v) is 5.24. The topological polar surface area (TPSA) is 42.0 Å². The van der Waals surface area contributed by atoms with E-state index in [0.717, 1.165) is 38.5 Å². The number of carbonyl (C=O) groups excluding carboxylic acids is 1. The first-order valence-corrected chi connectivity index (χ1v) is 7.55. The Bertz CT molecular complexity index is 465. The Morgan fingerprint density at radius 3 is 2.17 bits per heavy atom. The van der Waals surface area contributed by atoms with Gasteiger partial charge in [-0.25, -0.2) is 9.18 Å². The number of nitrogens with zero attached hydrogens (tertiary/aromatic N) is 2. The monoisotopic (exact) mass is 344 g/mol. The predicted molar refractivity (Wildman–Crippen MR) is 93.2 cm³/mol. The van der Waals surface area contributed by atoms with Gasteiger partial charge in [0, 0.05) is 39.3 Å². The Morgan fingerprint density at radius 2 is 1.65 bits per heavy atom. The SMILES string of the molecule is COC(=O)c1ccc(OCCN2CCN(CCF)CC2)cc1.P. The van der Waals surface area contributed by atoms with Crippen molar-refractivity contribution in [2.75, 3.05) is 59.7 Å². The number of alkyl halides is 1. The molecular formula is C16H26FN2O3P. The fourth-order valence-corrected chi connectivity index (χ4v) is 2.45. The molecule has 0 bridgehead atoms. The van der Waals surface area contributed by atoms with Gasteiger partial charge < -0.3 is 9.47 Å². The molecule has 0 aromatic heterocycles. The van der Waals surface area contributed by atoms with Crippen molar-refractivity contribution >= 4 is 15.9 Å². The van der Waals surface area contributed by atoms with Gasteiger partial charge in [-0.05, 0) is 24.3 Å². The molecule has 0 N–H and O–H groups in total. The maximum Gasteiger partial charge on any atom is 0.337 e. The average molecular weight is 344 g/mol. The third-order valence-corrected chi connectivity index (χ3v) is 3.82. The van der Waals surface area contributed by atoms with Gasteiger partial charge in [0.05, 0.1) is 12.7 Å². The van der Waals surface area contributed by atoms with E-state index in [1.807, 2.05) is 0 Å². The van der Waals surface area contributed by atoms with E-state index in [-0.39, 0.29) is 22.5 Å². The van der Waals surface area contributed by atoms with Crippen LogP contribution in [0.4, 0.5) is 4.39 Å². The van der Waals surface area contributed by atoms with Crippen molar-refractivity contribution in [1.29, 1.82) is 0 Å². The van der Waals surface area contributed by atoms with Crippen LogP contribution in [-0.4, -0.2) is 75.4 Å². The van der Waals surface area contributed by atoms with E-state index in [2.05, 4.69) is 14.5 Å². The van der Waals surface area contributed by atoms with E-state index >= 15 is 0 Å². The van der Waals surface area contributed by atoms with Gasteiger partial charge in [-0.1, -0.05) is 0 Å². The van der Waals surface area contributed by atoms with Crippen LogP contribution in [0.3, 0.4) is 0 Å². The molecule has 1 heterocycles. The lowest BCUT2D eigenvalue weighted by atomic mass is 10.2. The van der Waals surface area contributed by atoms with Gasteiger partial charge in [0.15, 0.2) is 0 Å². The van der Waals surface area contributed by atoms with Crippen LogP contribution in [0.5, 0.6) is 5.75 Å². The minimum absolute atomic E-state index is 0. The second-order valence-electron chi connectivity index (χ2n) is 5.24. The number of esters is 1. The Hall–Kier alpha value is -1.23. The molecule has 1 unspecified atom stereocenters. The molecule has 1 aliphatic heterocycles. The summed E-state index contributed by atoms with van der Waals surface area (Å²) in [6.07, 6.45) is 0. The van der Waals surface area contributed by atoms with Crippen LogP contribution in [0.15, 0.2) is 24.3 Å². The van der Waals surface area contributed by atoms with Gasteiger partial charge in [-0.3, -0.25) is 9.80 Å². The van der Waals surface area contributed by atoms with Gasteiger partial charge in [0.2, 0.25) is 0 Å². The first-order chi connectivity index (χ1) is 10.7. The molecule has 0 aliphatic carbocycles. The minimum Gasteiger partial charge on any atom is -0.492 e. The quantitative estimate of drug-likeness (QED) is 0.554. The molecule has 1 aromatic carbocycles. The predicted octanol–water partition coefficient (Wildman–Crippen LogP) is 1.50. The highest BCUT2D eigenvalue weighted by molar-refractivity contribution is 6.92.